The average Bonchev–Trinajstić information content (AvgIpc) is 2.55. The van der Waals surface area contributed by atoms with Gasteiger partial charge in [-0.25, -0.2) is 0 Å². The number of hydrogen-bond acceptors (Lipinski definition) is 3. The Bertz CT molecular complexity index is 470. The second kappa shape index (κ2) is 8.39. The van der Waals surface area contributed by atoms with E-state index in [4.69, 9.17) is 5.73 Å². The molecule has 0 fully saturated rings. The van der Waals surface area contributed by atoms with Crippen LogP contribution in [0.1, 0.15) is 44.1 Å². The van der Waals surface area contributed by atoms with Crippen LogP contribution in [0.3, 0.4) is 0 Å². The number of halogens is 1. The summed E-state index contributed by atoms with van der Waals surface area (Å²) in [6, 6.07) is -0.365. The first kappa shape index (κ1) is 19.9. The van der Waals surface area contributed by atoms with E-state index < -0.39 is 6.04 Å². The third-order valence-electron chi connectivity index (χ3n) is 3.62. The van der Waals surface area contributed by atoms with E-state index in [1.807, 2.05) is 32.5 Å². The molecule has 1 unspecified atom stereocenters. The molecule has 0 spiro atoms. The molecule has 3 N–H and O–H groups in total. The quantitative estimate of drug-likeness (QED) is 0.841. The van der Waals surface area contributed by atoms with Gasteiger partial charge in [-0.3, -0.25) is 9.48 Å². The number of hydrogen-bond donors (Lipinski definition) is 2. The molecule has 0 aliphatic heterocycles. The number of aryl methyl sites for hydroxylation is 2. The molecule has 0 saturated heterocycles. The third-order valence-corrected chi connectivity index (χ3v) is 3.62. The molecule has 1 aromatic heterocycles. The maximum Gasteiger partial charge on any atom is 0.237 e. The molecule has 0 radical (unpaired) electrons. The standard InChI is InChI=1S/C15H28N4O.ClH/c1-9(2)7-14(16)15(20)17-10(3)8-13-11(4)18-19(6)12(13)5;/h9-10,14H,7-8,16H2,1-6H3,(H,17,20);1H/t10?,14-;/m0./s1. The molecule has 1 aromatic rings. The highest BCUT2D eigenvalue weighted by molar-refractivity contribution is 5.85. The Kier molecular flexibility index (Phi) is 7.96. The van der Waals surface area contributed by atoms with Crippen molar-refractivity contribution in [1.29, 1.82) is 0 Å². The van der Waals surface area contributed by atoms with Gasteiger partial charge >= 0.3 is 0 Å². The lowest BCUT2D eigenvalue weighted by Gasteiger charge is -2.19. The maximum atomic E-state index is 12.0. The van der Waals surface area contributed by atoms with Gasteiger partial charge in [0.25, 0.3) is 0 Å². The van der Waals surface area contributed by atoms with Crippen molar-refractivity contribution < 1.29 is 4.79 Å². The minimum Gasteiger partial charge on any atom is -0.352 e. The van der Waals surface area contributed by atoms with Crippen LogP contribution < -0.4 is 11.1 Å². The minimum atomic E-state index is -0.423. The van der Waals surface area contributed by atoms with E-state index in [0.717, 1.165) is 17.8 Å². The Morgan fingerprint density at radius 1 is 1.33 bits per heavy atom. The fourth-order valence-corrected chi connectivity index (χ4v) is 2.43. The summed E-state index contributed by atoms with van der Waals surface area (Å²) in [6.07, 6.45) is 1.50. The lowest BCUT2D eigenvalue weighted by molar-refractivity contribution is -0.123. The van der Waals surface area contributed by atoms with Crippen molar-refractivity contribution >= 4 is 18.3 Å². The average molecular weight is 317 g/mol. The van der Waals surface area contributed by atoms with Crippen LogP contribution in [-0.4, -0.2) is 27.8 Å². The van der Waals surface area contributed by atoms with Crippen molar-refractivity contribution in [2.45, 2.75) is 59.5 Å². The first-order valence-electron chi connectivity index (χ1n) is 7.27. The summed E-state index contributed by atoms with van der Waals surface area (Å²) in [5.74, 6) is 0.360. The van der Waals surface area contributed by atoms with Crippen molar-refractivity contribution in [3.63, 3.8) is 0 Å². The molecule has 1 amide bonds. The molecular formula is C15H29ClN4O. The number of aromatic nitrogens is 2. The normalized spacial score (nSPS) is 13.7. The monoisotopic (exact) mass is 316 g/mol. The molecule has 0 aliphatic rings. The summed E-state index contributed by atoms with van der Waals surface area (Å²) in [4.78, 5) is 12.0. The summed E-state index contributed by atoms with van der Waals surface area (Å²) < 4.78 is 1.88. The van der Waals surface area contributed by atoms with Crippen LogP contribution in [0, 0.1) is 19.8 Å². The molecule has 1 rings (SSSR count). The van der Waals surface area contributed by atoms with Crippen molar-refractivity contribution in [1.82, 2.24) is 15.1 Å². The number of nitrogens with one attached hydrogen (secondary N) is 1. The predicted molar refractivity (Wildman–Crippen MR) is 88.7 cm³/mol. The number of rotatable bonds is 6. The predicted octanol–water partition coefficient (Wildman–Crippen LogP) is 1.88. The lowest BCUT2D eigenvalue weighted by atomic mass is 10.0. The zero-order valence-electron chi connectivity index (χ0n) is 13.9. The van der Waals surface area contributed by atoms with Crippen LogP contribution >= 0.6 is 12.4 Å². The zero-order valence-corrected chi connectivity index (χ0v) is 14.8. The largest absolute Gasteiger partial charge is 0.352 e. The highest BCUT2D eigenvalue weighted by Crippen LogP contribution is 2.14. The molecule has 122 valence electrons. The molecule has 21 heavy (non-hydrogen) atoms. The van der Waals surface area contributed by atoms with Gasteiger partial charge in [0.1, 0.15) is 0 Å². The SMILES string of the molecule is Cc1nn(C)c(C)c1CC(C)NC(=O)[C@@H](N)CC(C)C.Cl. The zero-order chi connectivity index (χ0) is 15.4. The molecule has 0 bridgehead atoms. The van der Waals surface area contributed by atoms with E-state index >= 15 is 0 Å². The fraction of sp³-hybridized carbons (Fsp3) is 0.733. The highest BCUT2D eigenvalue weighted by Gasteiger charge is 2.19. The Morgan fingerprint density at radius 3 is 2.33 bits per heavy atom. The Labute approximate surface area is 134 Å². The summed E-state index contributed by atoms with van der Waals surface area (Å²) in [5.41, 5.74) is 9.28. The van der Waals surface area contributed by atoms with Crippen molar-refractivity contribution in [2.75, 3.05) is 0 Å². The van der Waals surface area contributed by atoms with Crippen molar-refractivity contribution in [2.24, 2.45) is 18.7 Å². The lowest BCUT2D eigenvalue weighted by Crippen LogP contribution is -2.45. The Morgan fingerprint density at radius 2 is 1.90 bits per heavy atom. The Hall–Kier alpha value is -1.07. The smallest absolute Gasteiger partial charge is 0.237 e. The van der Waals surface area contributed by atoms with Gasteiger partial charge in [0, 0.05) is 18.8 Å². The van der Waals surface area contributed by atoms with E-state index in [1.165, 1.54) is 5.56 Å². The van der Waals surface area contributed by atoms with Crippen LogP contribution in [-0.2, 0) is 18.3 Å². The van der Waals surface area contributed by atoms with Crippen LogP contribution in [0.4, 0.5) is 0 Å². The van der Waals surface area contributed by atoms with Gasteiger partial charge in [-0.1, -0.05) is 13.8 Å². The molecule has 0 saturated carbocycles. The maximum absolute atomic E-state index is 12.0. The van der Waals surface area contributed by atoms with Crippen LogP contribution in [0.2, 0.25) is 0 Å². The summed E-state index contributed by atoms with van der Waals surface area (Å²) in [6.45, 7) is 10.2. The van der Waals surface area contributed by atoms with Gasteiger partial charge in [-0.2, -0.15) is 5.10 Å². The first-order chi connectivity index (χ1) is 9.22. The van der Waals surface area contributed by atoms with Gasteiger partial charge in [0.15, 0.2) is 0 Å². The summed E-state index contributed by atoms with van der Waals surface area (Å²) >= 11 is 0. The van der Waals surface area contributed by atoms with Crippen LogP contribution in [0.25, 0.3) is 0 Å². The van der Waals surface area contributed by atoms with Crippen LogP contribution in [0.15, 0.2) is 0 Å². The van der Waals surface area contributed by atoms with Gasteiger partial charge in [-0.05, 0) is 45.1 Å². The molecule has 0 aromatic carbocycles. The molecule has 2 atom stereocenters. The first-order valence-corrected chi connectivity index (χ1v) is 7.27. The molecule has 5 nitrogen and oxygen atoms in total. The van der Waals surface area contributed by atoms with Gasteiger partial charge < -0.3 is 11.1 Å². The molecule has 6 heteroatoms. The fourth-order valence-electron chi connectivity index (χ4n) is 2.43. The van der Waals surface area contributed by atoms with E-state index in [2.05, 4.69) is 24.3 Å². The van der Waals surface area contributed by atoms with Gasteiger partial charge in [0.2, 0.25) is 5.91 Å². The van der Waals surface area contributed by atoms with Crippen molar-refractivity contribution in [3.05, 3.63) is 17.0 Å². The van der Waals surface area contributed by atoms with Crippen LogP contribution in [0.5, 0.6) is 0 Å². The van der Waals surface area contributed by atoms with Gasteiger partial charge in [0.05, 0.1) is 11.7 Å². The second-order valence-electron chi connectivity index (χ2n) is 6.12. The summed E-state index contributed by atoms with van der Waals surface area (Å²) in [7, 11) is 1.94. The Balaban J connectivity index is 0.00000400. The van der Waals surface area contributed by atoms with Gasteiger partial charge in [-0.15, -0.1) is 12.4 Å². The molecule has 0 aliphatic carbocycles. The number of nitrogens with zero attached hydrogens (tertiary/aromatic N) is 2. The van der Waals surface area contributed by atoms with E-state index in [9.17, 15) is 4.79 Å². The molecule has 1 heterocycles. The van der Waals surface area contributed by atoms with E-state index in [-0.39, 0.29) is 24.4 Å². The molecular weight excluding hydrogens is 288 g/mol. The third kappa shape index (κ3) is 5.67. The van der Waals surface area contributed by atoms with E-state index in [0.29, 0.717) is 12.3 Å². The highest BCUT2D eigenvalue weighted by atomic mass is 35.5. The van der Waals surface area contributed by atoms with Crippen molar-refractivity contribution in [3.8, 4) is 0 Å². The number of amides is 1. The van der Waals surface area contributed by atoms with E-state index in [1.54, 1.807) is 0 Å². The minimum absolute atomic E-state index is 0. The second-order valence-corrected chi connectivity index (χ2v) is 6.12. The summed E-state index contributed by atoms with van der Waals surface area (Å²) in [5, 5.41) is 7.39. The number of carbonyl (C=O) groups is 1. The number of nitrogens with two attached hydrogens (primary N) is 1. The topological polar surface area (TPSA) is 72.9 Å². The number of carbonyl (C=O) groups excluding carboxylic acids is 1.